The van der Waals surface area contributed by atoms with E-state index in [-0.39, 0.29) is 11.8 Å². The largest absolute Gasteiger partial charge is 0.493 e. The monoisotopic (exact) mass is 456 g/mol. The van der Waals surface area contributed by atoms with Gasteiger partial charge in [-0.2, -0.15) is 0 Å². The van der Waals surface area contributed by atoms with E-state index in [2.05, 4.69) is 0 Å². The standard InChI is InChI=1S/C29H32N2O3/c1-30(21-24-12-5-2-6-13-24)27(32)20-29(23-34-26-16-9-4-10-17-26)18-11-19-31(22-29)28(33)25-14-7-3-8-15-25/h2-10,12-17H,11,18-23H2,1H3. The number of para-hydroxylation sites is 1. The minimum absolute atomic E-state index is 0.00877. The number of rotatable bonds is 8. The quantitative estimate of drug-likeness (QED) is 0.477. The Bertz CT molecular complexity index is 1070. The molecule has 34 heavy (non-hydrogen) atoms. The lowest BCUT2D eigenvalue weighted by atomic mass is 9.77. The summed E-state index contributed by atoms with van der Waals surface area (Å²) in [6.07, 6.45) is 2.01. The highest BCUT2D eigenvalue weighted by Crippen LogP contribution is 2.36. The van der Waals surface area contributed by atoms with Gasteiger partial charge in [-0.3, -0.25) is 9.59 Å². The Labute approximate surface area is 202 Å². The molecule has 0 spiro atoms. The van der Waals surface area contributed by atoms with E-state index in [0.717, 1.165) is 24.2 Å². The van der Waals surface area contributed by atoms with Crippen molar-refractivity contribution < 1.29 is 14.3 Å². The molecule has 1 aliphatic heterocycles. The number of likely N-dealkylation sites (tertiary alicyclic amines) is 1. The molecule has 0 bridgehead atoms. The van der Waals surface area contributed by atoms with Gasteiger partial charge in [-0.25, -0.2) is 0 Å². The van der Waals surface area contributed by atoms with Crippen LogP contribution < -0.4 is 4.74 Å². The van der Waals surface area contributed by atoms with Gasteiger partial charge < -0.3 is 14.5 Å². The molecular weight excluding hydrogens is 424 g/mol. The fourth-order valence-electron chi connectivity index (χ4n) is 4.61. The van der Waals surface area contributed by atoms with Gasteiger partial charge in [-0.15, -0.1) is 0 Å². The van der Waals surface area contributed by atoms with Crippen molar-refractivity contribution in [1.82, 2.24) is 9.80 Å². The number of carbonyl (C=O) groups excluding carboxylic acids is 2. The zero-order chi connectivity index (χ0) is 23.8. The molecular formula is C29H32N2O3. The highest BCUT2D eigenvalue weighted by molar-refractivity contribution is 5.94. The molecule has 0 radical (unpaired) electrons. The Morgan fingerprint density at radius 1 is 0.912 bits per heavy atom. The maximum absolute atomic E-state index is 13.3. The number of benzene rings is 3. The molecule has 176 valence electrons. The van der Waals surface area contributed by atoms with E-state index in [1.165, 1.54) is 0 Å². The zero-order valence-corrected chi connectivity index (χ0v) is 19.7. The Hall–Kier alpha value is -3.60. The van der Waals surface area contributed by atoms with Crippen LogP contribution in [-0.2, 0) is 11.3 Å². The molecule has 3 aromatic rings. The van der Waals surface area contributed by atoms with Gasteiger partial charge in [-0.1, -0.05) is 66.7 Å². The maximum Gasteiger partial charge on any atom is 0.253 e. The van der Waals surface area contributed by atoms with Crippen LogP contribution in [0, 0.1) is 5.41 Å². The van der Waals surface area contributed by atoms with Crippen molar-refractivity contribution in [2.75, 3.05) is 26.7 Å². The van der Waals surface area contributed by atoms with Gasteiger partial charge in [0.1, 0.15) is 5.75 Å². The molecule has 0 N–H and O–H groups in total. The molecule has 1 heterocycles. The second kappa shape index (κ2) is 11.0. The molecule has 1 atom stereocenters. The third kappa shape index (κ3) is 6.04. The topological polar surface area (TPSA) is 49.9 Å². The van der Waals surface area contributed by atoms with Gasteiger partial charge >= 0.3 is 0 Å². The van der Waals surface area contributed by atoms with Crippen LogP contribution in [0.3, 0.4) is 0 Å². The van der Waals surface area contributed by atoms with Crippen molar-refractivity contribution in [3.05, 3.63) is 102 Å². The first-order valence-electron chi connectivity index (χ1n) is 11.8. The predicted octanol–water partition coefficient (Wildman–Crippen LogP) is 5.04. The van der Waals surface area contributed by atoms with Crippen molar-refractivity contribution in [2.24, 2.45) is 5.41 Å². The molecule has 0 aliphatic carbocycles. The summed E-state index contributed by atoms with van der Waals surface area (Å²) in [5.41, 5.74) is 1.33. The van der Waals surface area contributed by atoms with Crippen molar-refractivity contribution in [3.63, 3.8) is 0 Å². The van der Waals surface area contributed by atoms with E-state index < -0.39 is 5.41 Å². The Morgan fingerprint density at radius 3 is 2.21 bits per heavy atom. The molecule has 5 nitrogen and oxygen atoms in total. The summed E-state index contributed by atoms with van der Waals surface area (Å²) in [5, 5.41) is 0. The molecule has 0 saturated carbocycles. The van der Waals surface area contributed by atoms with Gasteiger partial charge in [0.25, 0.3) is 5.91 Å². The van der Waals surface area contributed by atoms with E-state index >= 15 is 0 Å². The summed E-state index contributed by atoms with van der Waals surface area (Å²) in [6, 6.07) is 29.0. The number of carbonyl (C=O) groups is 2. The van der Waals surface area contributed by atoms with Crippen LogP contribution in [0.2, 0.25) is 0 Å². The summed E-state index contributed by atoms with van der Waals surface area (Å²) < 4.78 is 6.17. The fraction of sp³-hybridized carbons (Fsp3) is 0.310. The van der Waals surface area contributed by atoms with E-state index in [1.807, 2.05) is 103 Å². The third-order valence-electron chi connectivity index (χ3n) is 6.47. The Balaban J connectivity index is 1.51. The normalized spacial score (nSPS) is 17.7. The first-order chi connectivity index (χ1) is 16.5. The molecule has 0 aromatic heterocycles. The van der Waals surface area contributed by atoms with Crippen LogP contribution in [0.5, 0.6) is 5.75 Å². The summed E-state index contributed by atoms with van der Waals surface area (Å²) in [7, 11) is 1.84. The molecule has 5 heteroatoms. The average molecular weight is 457 g/mol. The maximum atomic E-state index is 13.3. The number of piperidine rings is 1. The van der Waals surface area contributed by atoms with Crippen LogP contribution in [0.4, 0.5) is 0 Å². The van der Waals surface area contributed by atoms with E-state index in [4.69, 9.17) is 4.74 Å². The van der Waals surface area contributed by atoms with E-state index in [1.54, 1.807) is 4.90 Å². The molecule has 1 fully saturated rings. The van der Waals surface area contributed by atoms with Crippen molar-refractivity contribution in [1.29, 1.82) is 0 Å². The molecule has 1 saturated heterocycles. The van der Waals surface area contributed by atoms with Gasteiger partial charge in [0.15, 0.2) is 0 Å². The van der Waals surface area contributed by atoms with Crippen LogP contribution in [0.15, 0.2) is 91.0 Å². The van der Waals surface area contributed by atoms with Crippen LogP contribution in [0.25, 0.3) is 0 Å². The Kier molecular flexibility index (Phi) is 7.63. The van der Waals surface area contributed by atoms with Gasteiger partial charge in [0.05, 0.1) is 6.61 Å². The molecule has 1 unspecified atom stereocenters. The molecule has 3 aromatic carbocycles. The highest BCUT2D eigenvalue weighted by Gasteiger charge is 2.40. The summed E-state index contributed by atoms with van der Waals surface area (Å²) in [6.45, 7) is 2.13. The summed E-state index contributed by atoms with van der Waals surface area (Å²) in [5.74, 6) is 0.850. The fourth-order valence-corrected chi connectivity index (χ4v) is 4.61. The number of amides is 2. The molecule has 2 amide bonds. The van der Waals surface area contributed by atoms with Crippen LogP contribution >= 0.6 is 0 Å². The van der Waals surface area contributed by atoms with Crippen molar-refractivity contribution in [2.45, 2.75) is 25.8 Å². The number of hydrogen-bond acceptors (Lipinski definition) is 3. The third-order valence-corrected chi connectivity index (χ3v) is 6.47. The first-order valence-corrected chi connectivity index (χ1v) is 11.8. The van der Waals surface area contributed by atoms with Crippen molar-refractivity contribution >= 4 is 11.8 Å². The Morgan fingerprint density at radius 2 is 1.53 bits per heavy atom. The number of hydrogen-bond donors (Lipinski definition) is 0. The van der Waals surface area contributed by atoms with E-state index in [9.17, 15) is 9.59 Å². The van der Waals surface area contributed by atoms with Gasteiger partial charge in [0.2, 0.25) is 5.91 Å². The molecule has 1 aliphatic rings. The number of nitrogens with zero attached hydrogens (tertiary/aromatic N) is 2. The van der Waals surface area contributed by atoms with Crippen LogP contribution in [-0.4, -0.2) is 48.4 Å². The second-order valence-corrected chi connectivity index (χ2v) is 9.21. The molecule has 4 rings (SSSR count). The minimum Gasteiger partial charge on any atom is -0.493 e. The van der Waals surface area contributed by atoms with Gasteiger partial charge in [0, 0.05) is 44.1 Å². The first kappa shape index (κ1) is 23.6. The van der Waals surface area contributed by atoms with E-state index in [0.29, 0.717) is 38.2 Å². The smallest absolute Gasteiger partial charge is 0.253 e. The zero-order valence-electron chi connectivity index (χ0n) is 19.7. The predicted molar refractivity (Wildman–Crippen MR) is 133 cm³/mol. The summed E-state index contributed by atoms with van der Waals surface area (Å²) in [4.78, 5) is 30.2. The summed E-state index contributed by atoms with van der Waals surface area (Å²) >= 11 is 0. The second-order valence-electron chi connectivity index (χ2n) is 9.21. The average Bonchev–Trinajstić information content (AvgIpc) is 2.89. The SMILES string of the molecule is CN(Cc1ccccc1)C(=O)CC1(COc2ccccc2)CCCN(C(=O)c2ccccc2)C1. The van der Waals surface area contributed by atoms with Crippen LogP contribution in [0.1, 0.15) is 35.2 Å². The lowest BCUT2D eigenvalue weighted by molar-refractivity contribution is -0.134. The number of ether oxygens (including phenoxy) is 1. The highest BCUT2D eigenvalue weighted by atomic mass is 16.5. The lowest BCUT2D eigenvalue weighted by Crippen LogP contribution is -2.50. The lowest BCUT2D eigenvalue weighted by Gasteiger charge is -2.43. The minimum atomic E-state index is -0.444. The van der Waals surface area contributed by atoms with Crippen molar-refractivity contribution in [3.8, 4) is 5.75 Å². The van der Waals surface area contributed by atoms with Gasteiger partial charge in [-0.05, 0) is 42.7 Å².